The van der Waals surface area contributed by atoms with E-state index in [0.29, 0.717) is 6.42 Å². The van der Waals surface area contributed by atoms with Crippen molar-refractivity contribution >= 4 is 5.91 Å². The van der Waals surface area contributed by atoms with Crippen LogP contribution >= 0.6 is 0 Å². The second-order valence-corrected chi connectivity index (χ2v) is 5.05. The Morgan fingerprint density at radius 3 is 2.62 bits per heavy atom. The summed E-state index contributed by atoms with van der Waals surface area (Å²) < 4.78 is 0. The van der Waals surface area contributed by atoms with Crippen molar-refractivity contribution in [3.63, 3.8) is 0 Å². The molecule has 110 valence electrons. The third-order valence-electron chi connectivity index (χ3n) is 3.25. The average molecular weight is 284 g/mol. The number of carbonyl (C=O) groups excluding carboxylic acids is 1. The van der Waals surface area contributed by atoms with Crippen molar-refractivity contribution in [2.45, 2.75) is 19.5 Å². The molecule has 1 aromatic heterocycles. The van der Waals surface area contributed by atoms with Crippen LogP contribution in [0.1, 0.15) is 16.7 Å². The van der Waals surface area contributed by atoms with Gasteiger partial charge in [0.25, 0.3) is 0 Å². The van der Waals surface area contributed by atoms with Crippen molar-refractivity contribution in [3.05, 3.63) is 65.5 Å². The fourth-order valence-electron chi connectivity index (χ4n) is 2.26. The lowest BCUT2D eigenvalue weighted by atomic mass is 10.0. The fourth-order valence-corrected chi connectivity index (χ4v) is 2.26. The number of hydrogen-bond acceptors (Lipinski definition) is 4. The molecule has 0 spiro atoms. The number of hydrogen-bond donors (Lipinski definition) is 2. The van der Waals surface area contributed by atoms with Crippen molar-refractivity contribution in [2.24, 2.45) is 5.84 Å². The first kappa shape index (κ1) is 15.2. The highest BCUT2D eigenvalue weighted by atomic mass is 16.2. The van der Waals surface area contributed by atoms with Crippen LogP contribution in [0.5, 0.6) is 0 Å². The molecule has 3 N–H and O–H groups in total. The Hall–Kier alpha value is -2.24. The second-order valence-electron chi connectivity index (χ2n) is 5.05. The van der Waals surface area contributed by atoms with E-state index in [1.165, 1.54) is 0 Å². The summed E-state index contributed by atoms with van der Waals surface area (Å²) >= 11 is 0. The molecule has 5 nitrogen and oxygen atoms in total. The lowest BCUT2D eigenvalue weighted by Crippen LogP contribution is -2.31. The second kappa shape index (κ2) is 7.52. The van der Waals surface area contributed by atoms with Crippen LogP contribution in [-0.2, 0) is 24.3 Å². The Morgan fingerprint density at radius 1 is 1.19 bits per heavy atom. The van der Waals surface area contributed by atoms with Gasteiger partial charge in [0.15, 0.2) is 0 Å². The summed E-state index contributed by atoms with van der Waals surface area (Å²) in [4.78, 5) is 17.8. The standard InChI is InChI=1S/C16H20N4O/c1-20(11-13-5-4-8-18-10-13)12-15-7-3-2-6-14(15)9-16(21)19-17/h2-8,10H,9,11-12,17H2,1H3,(H,19,21). The van der Waals surface area contributed by atoms with Gasteiger partial charge >= 0.3 is 0 Å². The number of aromatic nitrogens is 1. The molecule has 2 aromatic rings. The average Bonchev–Trinajstić information content (AvgIpc) is 2.50. The first-order valence-electron chi connectivity index (χ1n) is 6.82. The maximum absolute atomic E-state index is 11.5. The number of benzene rings is 1. The molecule has 21 heavy (non-hydrogen) atoms. The summed E-state index contributed by atoms with van der Waals surface area (Å²) in [6.07, 6.45) is 3.93. The Balaban J connectivity index is 2.03. The summed E-state index contributed by atoms with van der Waals surface area (Å²) in [5.41, 5.74) is 5.47. The topological polar surface area (TPSA) is 71.2 Å². The summed E-state index contributed by atoms with van der Waals surface area (Å²) in [6, 6.07) is 11.9. The first-order valence-corrected chi connectivity index (χ1v) is 6.82. The molecule has 1 amide bonds. The van der Waals surface area contributed by atoms with Crippen LogP contribution in [0.25, 0.3) is 0 Å². The first-order chi connectivity index (χ1) is 10.2. The number of amides is 1. The van der Waals surface area contributed by atoms with Crippen LogP contribution in [0, 0.1) is 0 Å². The van der Waals surface area contributed by atoms with E-state index in [4.69, 9.17) is 5.84 Å². The van der Waals surface area contributed by atoms with Crippen LogP contribution in [0.2, 0.25) is 0 Å². The van der Waals surface area contributed by atoms with Crippen molar-refractivity contribution in [2.75, 3.05) is 7.05 Å². The lowest BCUT2D eigenvalue weighted by molar-refractivity contribution is -0.120. The molecule has 0 bridgehead atoms. The number of rotatable bonds is 6. The highest BCUT2D eigenvalue weighted by molar-refractivity contribution is 5.78. The van der Waals surface area contributed by atoms with Gasteiger partial charge in [-0.05, 0) is 29.8 Å². The quantitative estimate of drug-likeness (QED) is 0.476. The predicted molar refractivity (Wildman–Crippen MR) is 81.9 cm³/mol. The summed E-state index contributed by atoms with van der Waals surface area (Å²) in [5.74, 6) is 4.97. The van der Waals surface area contributed by atoms with Crippen molar-refractivity contribution in [1.82, 2.24) is 15.3 Å². The molecule has 0 aliphatic heterocycles. The van der Waals surface area contributed by atoms with Gasteiger partial charge < -0.3 is 0 Å². The molecule has 0 unspecified atom stereocenters. The zero-order valence-electron chi connectivity index (χ0n) is 12.1. The van der Waals surface area contributed by atoms with Gasteiger partial charge in [-0.15, -0.1) is 0 Å². The number of nitrogens with one attached hydrogen (secondary N) is 1. The number of pyridine rings is 1. The van der Waals surface area contributed by atoms with E-state index in [0.717, 1.165) is 29.8 Å². The monoisotopic (exact) mass is 284 g/mol. The Morgan fingerprint density at radius 2 is 1.95 bits per heavy atom. The molecule has 0 saturated heterocycles. The number of carbonyl (C=O) groups is 1. The Bertz CT molecular complexity index is 586. The van der Waals surface area contributed by atoms with Crippen LogP contribution in [0.15, 0.2) is 48.8 Å². The summed E-state index contributed by atoms with van der Waals surface area (Å²) in [5, 5.41) is 0. The molecule has 0 radical (unpaired) electrons. The van der Waals surface area contributed by atoms with Crippen LogP contribution in [-0.4, -0.2) is 22.8 Å². The minimum Gasteiger partial charge on any atom is -0.298 e. The van der Waals surface area contributed by atoms with E-state index in [2.05, 4.69) is 21.4 Å². The molecule has 0 atom stereocenters. The molecule has 5 heteroatoms. The zero-order chi connectivity index (χ0) is 15.1. The van der Waals surface area contributed by atoms with Crippen LogP contribution in [0.3, 0.4) is 0 Å². The van der Waals surface area contributed by atoms with E-state index >= 15 is 0 Å². The SMILES string of the molecule is CN(Cc1cccnc1)Cc1ccccc1CC(=O)NN. The number of hydrazine groups is 1. The minimum atomic E-state index is -0.183. The van der Waals surface area contributed by atoms with Gasteiger partial charge in [-0.25, -0.2) is 5.84 Å². The molecule has 0 saturated carbocycles. The highest BCUT2D eigenvalue weighted by Gasteiger charge is 2.09. The lowest BCUT2D eigenvalue weighted by Gasteiger charge is -2.18. The van der Waals surface area contributed by atoms with Crippen LogP contribution in [0.4, 0.5) is 0 Å². The smallest absolute Gasteiger partial charge is 0.238 e. The third kappa shape index (κ3) is 4.66. The molecule has 0 aliphatic rings. The maximum atomic E-state index is 11.5. The molecule has 0 fully saturated rings. The molecule has 0 aliphatic carbocycles. The Kier molecular flexibility index (Phi) is 5.43. The van der Waals surface area contributed by atoms with E-state index in [9.17, 15) is 4.79 Å². The summed E-state index contributed by atoms with van der Waals surface area (Å²) in [7, 11) is 2.05. The Labute approximate surface area is 124 Å². The van der Waals surface area contributed by atoms with Crippen molar-refractivity contribution in [3.8, 4) is 0 Å². The molecular formula is C16H20N4O. The molecule has 1 heterocycles. The number of nitrogens with zero attached hydrogens (tertiary/aromatic N) is 2. The van der Waals surface area contributed by atoms with E-state index < -0.39 is 0 Å². The fraction of sp³-hybridized carbons (Fsp3) is 0.250. The number of nitrogens with two attached hydrogens (primary N) is 1. The highest BCUT2D eigenvalue weighted by Crippen LogP contribution is 2.13. The van der Waals surface area contributed by atoms with Crippen molar-refractivity contribution < 1.29 is 4.79 Å². The molecule has 1 aromatic carbocycles. The molecule has 2 rings (SSSR count). The van der Waals surface area contributed by atoms with Gasteiger partial charge in [-0.3, -0.25) is 20.1 Å². The van der Waals surface area contributed by atoms with Crippen molar-refractivity contribution in [1.29, 1.82) is 0 Å². The van der Waals surface area contributed by atoms with Gasteiger partial charge in [-0.1, -0.05) is 30.3 Å². The van der Waals surface area contributed by atoms with Gasteiger partial charge in [0.2, 0.25) is 5.91 Å². The predicted octanol–water partition coefficient (Wildman–Crippen LogP) is 1.25. The van der Waals surface area contributed by atoms with Gasteiger partial charge in [0.1, 0.15) is 0 Å². The van der Waals surface area contributed by atoms with Gasteiger partial charge in [-0.2, -0.15) is 0 Å². The van der Waals surface area contributed by atoms with Gasteiger partial charge in [0, 0.05) is 25.5 Å². The van der Waals surface area contributed by atoms with E-state index in [1.54, 1.807) is 6.20 Å². The maximum Gasteiger partial charge on any atom is 0.238 e. The third-order valence-corrected chi connectivity index (χ3v) is 3.25. The largest absolute Gasteiger partial charge is 0.298 e. The summed E-state index contributed by atoms with van der Waals surface area (Å²) in [6.45, 7) is 1.58. The minimum absolute atomic E-state index is 0.183. The van der Waals surface area contributed by atoms with Crippen LogP contribution < -0.4 is 11.3 Å². The van der Waals surface area contributed by atoms with E-state index in [1.807, 2.05) is 43.6 Å². The zero-order valence-corrected chi connectivity index (χ0v) is 12.1. The normalized spacial score (nSPS) is 10.6. The molecular weight excluding hydrogens is 264 g/mol. The van der Waals surface area contributed by atoms with E-state index in [-0.39, 0.29) is 5.91 Å². The van der Waals surface area contributed by atoms with Gasteiger partial charge in [0.05, 0.1) is 6.42 Å².